The van der Waals surface area contributed by atoms with Crippen molar-refractivity contribution in [1.29, 1.82) is 0 Å². The molecule has 7 nitrogen and oxygen atoms in total. The van der Waals surface area contributed by atoms with Gasteiger partial charge in [0.2, 0.25) is 11.8 Å². The summed E-state index contributed by atoms with van der Waals surface area (Å²) in [5.74, 6) is -0.0627. The van der Waals surface area contributed by atoms with Crippen LogP contribution in [0.15, 0.2) is 24.3 Å². The number of nitrogens with zero attached hydrogens (tertiary/aromatic N) is 2. The van der Waals surface area contributed by atoms with Gasteiger partial charge in [-0.2, -0.15) is 0 Å². The van der Waals surface area contributed by atoms with E-state index < -0.39 is 10.8 Å². The van der Waals surface area contributed by atoms with Crippen LogP contribution in [-0.4, -0.2) is 76.7 Å². The Morgan fingerprint density at radius 3 is 2.31 bits per heavy atom. The topological polar surface area (TPSA) is 78.9 Å². The summed E-state index contributed by atoms with van der Waals surface area (Å²) in [4.78, 5) is 28.8. The van der Waals surface area contributed by atoms with E-state index in [4.69, 9.17) is 4.74 Å². The molecule has 1 aromatic rings. The van der Waals surface area contributed by atoms with Crippen molar-refractivity contribution in [2.45, 2.75) is 38.1 Å². The Morgan fingerprint density at radius 1 is 1.03 bits per heavy atom. The van der Waals surface area contributed by atoms with Crippen molar-refractivity contribution >= 4 is 28.3 Å². The van der Waals surface area contributed by atoms with E-state index in [2.05, 4.69) is 10.2 Å². The van der Waals surface area contributed by atoms with Gasteiger partial charge in [0, 0.05) is 48.7 Å². The normalized spacial score (nSPS) is 19.6. The average molecular weight is 422 g/mol. The number of hydrogen-bond acceptors (Lipinski definition) is 5. The molecule has 0 spiro atoms. The summed E-state index contributed by atoms with van der Waals surface area (Å²) in [5.41, 5.74) is 0.609. The smallest absolute Gasteiger partial charge is 0.237 e. The molecule has 2 fully saturated rings. The Labute approximate surface area is 175 Å². The van der Waals surface area contributed by atoms with E-state index >= 15 is 0 Å². The van der Waals surface area contributed by atoms with Crippen LogP contribution in [0.2, 0.25) is 0 Å². The molecule has 1 aliphatic heterocycles. The molecule has 0 radical (unpaired) electrons. The van der Waals surface area contributed by atoms with Crippen LogP contribution in [0.3, 0.4) is 0 Å². The van der Waals surface area contributed by atoms with Crippen LogP contribution in [0.25, 0.3) is 0 Å². The van der Waals surface area contributed by atoms with Crippen LogP contribution in [0.4, 0.5) is 5.69 Å². The number of carbonyl (C=O) groups excluding carboxylic acids is 2. The summed E-state index contributed by atoms with van der Waals surface area (Å²) in [6.07, 6.45) is 6.48. The largest absolute Gasteiger partial charge is 0.497 e. The Balaban J connectivity index is 1.38. The third-order valence-electron chi connectivity index (χ3n) is 5.71. The van der Waals surface area contributed by atoms with Crippen LogP contribution in [-0.2, 0) is 20.4 Å². The lowest BCUT2D eigenvalue weighted by molar-refractivity contribution is -0.130. The van der Waals surface area contributed by atoms with Gasteiger partial charge in [-0.25, -0.2) is 0 Å². The molecule has 1 heterocycles. The molecule has 1 atom stereocenters. The number of benzene rings is 1. The lowest BCUT2D eigenvalue weighted by atomic mass is 9.94. The summed E-state index contributed by atoms with van der Waals surface area (Å²) in [6, 6.07) is 7.58. The summed E-state index contributed by atoms with van der Waals surface area (Å²) >= 11 is 0. The van der Waals surface area contributed by atoms with Gasteiger partial charge in [0.25, 0.3) is 0 Å². The molecule has 1 saturated heterocycles. The summed E-state index contributed by atoms with van der Waals surface area (Å²) in [7, 11) is 0.0569. The Morgan fingerprint density at radius 2 is 1.69 bits per heavy atom. The van der Waals surface area contributed by atoms with Crippen molar-refractivity contribution in [3.8, 4) is 5.75 Å². The van der Waals surface area contributed by atoms with Crippen molar-refractivity contribution in [1.82, 2.24) is 9.80 Å². The molecule has 1 N–H and O–H groups in total. The van der Waals surface area contributed by atoms with E-state index in [-0.39, 0.29) is 23.3 Å². The second-order valence-electron chi connectivity index (χ2n) is 7.71. The molecule has 2 amide bonds. The number of methoxy groups -OCH3 is 1. The van der Waals surface area contributed by atoms with Gasteiger partial charge in [0.15, 0.2) is 0 Å². The number of rotatable bonds is 7. The Kier molecular flexibility index (Phi) is 8.06. The lowest BCUT2D eigenvalue weighted by Crippen LogP contribution is -2.53. The van der Waals surface area contributed by atoms with Crippen molar-refractivity contribution in [3.63, 3.8) is 0 Å². The molecule has 1 unspecified atom stereocenters. The van der Waals surface area contributed by atoms with Crippen LogP contribution in [0.5, 0.6) is 5.75 Å². The minimum Gasteiger partial charge on any atom is -0.497 e. The fourth-order valence-electron chi connectivity index (χ4n) is 4.08. The molecule has 0 aromatic heterocycles. The lowest BCUT2D eigenvalue weighted by Gasteiger charge is -2.40. The number of amides is 2. The van der Waals surface area contributed by atoms with Crippen molar-refractivity contribution < 1.29 is 18.5 Å². The first-order valence-corrected chi connectivity index (χ1v) is 11.8. The zero-order valence-corrected chi connectivity index (χ0v) is 17.9. The van der Waals surface area contributed by atoms with Gasteiger partial charge < -0.3 is 15.0 Å². The van der Waals surface area contributed by atoms with Crippen molar-refractivity contribution in [3.05, 3.63) is 24.3 Å². The third kappa shape index (κ3) is 6.54. The number of anilines is 1. The number of ether oxygens (including phenoxy) is 1. The number of hydrogen-bond donors (Lipinski definition) is 1. The maximum atomic E-state index is 12.5. The number of piperazine rings is 1. The van der Waals surface area contributed by atoms with Gasteiger partial charge in [-0.05, 0) is 37.1 Å². The SMILES string of the molecule is COc1ccc(NC(=O)CS(=O)CC(=O)N2CCN(C3CCCCC3)CC2)cc1. The van der Waals surface area contributed by atoms with Crippen LogP contribution >= 0.6 is 0 Å². The molecular weight excluding hydrogens is 390 g/mol. The molecule has 160 valence electrons. The minimum atomic E-state index is -1.52. The van der Waals surface area contributed by atoms with Crippen molar-refractivity contribution in [2.24, 2.45) is 0 Å². The third-order valence-corrected chi connectivity index (χ3v) is 6.86. The highest BCUT2D eigenvalue weighted by atomic mass is 32.2. The molecule has 1 aromatic carbocycles. The molecule has 1 aliphatic carbocycles. The van der Waals surface area contributed by atoms with Crippen LogP contribution in [0, 0.1) is 0 Å². The minimum absolute atomic E-state index is 0.0978. The fourth-order valence-corrected chi connectivity index (χ4v) is 5.01. The van der Waals surface area contributed by atoms with E-state index in [9.17, 15) is 13.8 Å². The van der Waals surface area contributed by atoms with E-state index in [1.165, 1.54) is 32.1 Å². The van der Waals surface area contributed by atoms with E-state index in [0.29, 0.717) is 30.6 Å². The molecule has 0 bridgehead atoms. The maximum absolute atomic E-state index is 12.5. The monoisotopic (exact) mass is 421 g/mol. The zero-order chi connectivity index (χ0) is 20.6. The van der Waals surface area contributed by atoms with Crippen LogP contribution < -0.4 is 10.1 Å². The molecule has 29 heavy (non-hydrogen) atoms. The maximum Gasteiger partial charge on any atom is 0.237 e. The fraction of sp³-hybridized carbons (Fsp3) is 0.619. The first-order chi connectivity index (χ1) is 14.0. The standard InChI is InChI=1S/C21H31N3O4S/c1-28-19-9-7-17(8-10-19)22-20(25)15-29(27)16-21(26)24-13-11-23(12-14-24)18-5-3-2-4-6-18/h7-10,18H,2-6,11-16H2,1H3,(H,22,25). The molecule has 8 heteroatoms. The van der Waals surface area contributed by atoms with E-state index in [1.807, 2.05) is 0 Å². The molecule has 1 saturated carbocycles. The highest BCUT2D eigenvalue weighted by molar-refractivity contribution is 7.86. The second-order valence-corrected chi connectivity index (χ2v) is 9.17. The molecular formula is C21H31N3O4S. The summed E-state index contributed by atoms with van der Waals surface area (Å²) < 4.78 is 17.4. The van der Waals surface area contributed by atoms with Gasteiger partial charge in [0.05, 0.1) is 7.11 Å². The summed E-state index contributed by atoms with van der Waals surface area (Å²) in [5, 5.41) is 2.70. The van der Waals surface area contributed by atoms with Gasteiger partial charge in [0.1, 0.15) is 17.3 Å². The average Bonchev–Trinajstić information content (AvgIpc) is 2.74. The quantitative estimate of drug-likeness (QED) is 0.727. The first kappa shape index (κ1) is 21.8. The zero-order valence-electron chi connectivity index (χ0n) is 17.1. The highest BCUT2D eigenvalue weighted by Gasteiger charge is 2.27. The van der Waals surface area contributed by atoms with E-state index in [1.54, 1.807) is 36.3 Å². The van der Waals surface area contributed by atoms with Gasteiger partial charge in [-0.15, -0.1) is 0 Å². The Bertz CT molecular complexity index is 711. The summed E-state index contributed by atoms with van der Waals surface area (Å²) in [6.45, 7) is 3.15. The van der Waals surface area contributed by atoms with E-state index in [0.717, 1.165) is 13.1 Å². The Hall–Kier alpha value is -1.93. The molecule has 2 aliphatic rings. The van der Waals surface area contributed by atoms with Gasteiger partial charge >= 0.3 is 0 Å². The second kappa shape index (κ2) is 10.7. The van der Waals surface area contributed by atoms with Crippen LogP contribution in [0.1, 0.15) is 32.1 Å². The molecule has 3 rings (SSSR count). The van der Waals surface area contributed by atoms with Gasteiger partial charge in [-0.1, -0.05) is 19.3 Å². The highest BCUT2D eigenvalue weighted by Crippen LogP contribution is 2.23. The predicted octanol–water partition coefficient (Wildman–Crippen LogP) is 1.86. The number of nitrogens with one attached hydrogen (secondary N) is 1. The first-order valence-electron chi connectivity index (χ1n) is 10.4. The number of carbonyl (C=O) groups is 2. The van der Waals surface area contributed by atoms with Crippen molar-refractivity contribution in [2.75, 3.05) is 50.1 Å². The van der Waals surface area contributed by atoms with Gasteiger partial charge in [-0.3, -0.25) is 18.7 Å². The predicted molar refractivity (Wildman–Crippen MR) is 115 cm³/mol.